The zero-order chi connectivity index (χ0) is 13.9. The summed E-state index contributed by atoms with van der Waals surface area (Å²) < 4.78 is 5.80. The van der Waals surface area contributed by atoms with Crippen LogP contribution in [0.3, 0.4) is 0 Å². The Hall–Kier alpha value is -2.08. The van der Waals surface area contributed by atoms with Crippen molar-refractivity contribution < 1.29 is 4.74 Å². The Kier molecular flexibility index (Phi) is 3.56. The molecule has 0 aliphatic carbocycles. The minimum atomic E-state index is -0.175. The minimum Gasteiger partial charge on any atom is -0.452 e. The number of benzene rings is 1. The van der Waals surface area contributed by atoms with Gasteiger partial charge in [-0.2, -0.15) is 4.98 Å². The van der Waals surface area contributed by atoms with Crippen LogP contribution in [0.15, 0.2) is 42.1 Å². The molecule has 1 atom stereocenters. The van der Waals surface area contributed by atoms with Crippen LogP contribution in [0.25, 0.3) is 11.3 Å². The third kappa shape index (κ3) is 2.46. The zero-order valence-electron chi connectivity index (χ0n) is 11.0. The Labute approximate surface area is 121 Å². The first kappa shape index (κ1) is 12.9. The van der Waals surface area contributed by atoms with Crippen molar-refractivity contribution >= 4 is 17.4 Å². The van der Waals surface area contributed by atoms with Crippen LogP contribution in [-0.2, 0) is 0 Å². The van der Waals surface area contributed by atoms with Crippen LogP contribution < -0.4 is 10.1 Å². The summed E-state index contributed by atoms with van der Waals surface area (Å²) in [4.78, 5) is 4.44. The maximum absolute atomic E-state index is 5.80. The fourth-order valence-corrected chi connectivity index (χ4v) is 2.49. The first-order valence-corrected chi connectivity index (χ1v) is 7.27. The second-order valence-electron chi connectivity index (χ2n) is 4.30. The lowest BCUT2D eigenvalue weighted by Gasteiger charge is -2.13. The van der Waals surface area contributed by atoms with Gasteiger partial charge in [0.25, 0.3) is 0 Å². The summed E-state index contributed by atoms with van der Waals surface area (Å²) in [5.41, 5.74) is 2.59. The van der Waals surface area contributed by atoms with E-state index < -0.39 is 0 Å². The number of aromatic nitrogens is 3. The van der Waals surface area contributed by atoms with Gasteiger partial charge in [0.05, 0.1) is 0 Å². The van der Waals surface area contributed by atoms with Gasteiger partial charge < -0.3 is 10.1 Å². The van der Waals surface area contributed by atoms with E-state index in [1.807, 2.05) is 31.2 Å². The van der Waals surface area contributed by atoms with Crippen LogP contribution >= 0.6 is 11.8 Å². The van der Waals surface area contributed by atoms with Gasteiger partial charge in [0.15, 0.2) is 11.9 Å². The van der Waals surface area contributed by atoms with Crippen molar-refractivity contribution in [3.05, 3.63) is 36.9 Å². The fraction of sp³-hybridized carbons (Fsp3) is 0.214. The highest BCUT2D eigenvalue weighted by Crippen LogP contribution is 2.35. The number of fused-ring (bicyclic) bond motifs is 3. The second-order valence-corrected chi connectivity index (χ2v) is 5.28. The van der Waals surface area contributed by atoms with E-state index in [4.69, 9.17) is 4.74 Å². The molecule has 3 rings (SSSR count). The van der Waals surface area contributed by atoms with Crippen molar-refractivity contribution in [3.63, 3.8) is 0 Å². The lowest BCUT2D eigenvalue weighted by molar-refractivity contribution is 0.240. The van der Waals surface area contributed by atoms with Gasteiger partial charge in [0.1, 0.15) is 0 Å². The van der Waals surface area contributed by atoms with Gasteiger partial charge in [0.2, 0.25) is 11.0 Å². The molecular weight excluding hydrogens is 272 g/mol. The minimum absolute atomic E-state index is 0.175. The molecule has 5 nitrogen and oxygen atoms in total. The molecule has 1 aliphatic heterocycles. The predicted octanol–water partition coefficient (Wildman–Crippen LogP) is 2.97. The fourth-order valence-electron chi connectivity index (χ4n) is 1.97. The second kappa shape index (κ2) is 5.50. The average Bonchev–Trinajstić information content (AvgIpc) is 2.59. The van der Waals surface area contributed by atoms with Crippen LogP contribution in [0, 0.1) is 0 Å². The highest BCUT2D eigenvalue weighted by atomic mass is 32.2. The van der Waals surface area contributed by atoms with E-state index in [2.05, 4.69) is 27.1 Å². The number of ether oxygens (including phenoxy) is 1. The van der Waals surface area contributed by atoms with Crippen LogP contribution in [-0.4, -0.2) is 27.2 Å². The lowest BCUT2D eigenvalue weighted by atomic mass is 10.1. The highest BCUT2D eigenvalue weighted by molar-refractivity contribution is 7.99. The first-order chi connectivity index (χ1) is 9.78. The third-order valence-electron chi connectivity index (χ3n) is 2.79. The molecule has 2 heterocycles. The van der Waals surface area contributed by atoms with E-state index in [9.17, 15) is 0 Å². The van der Waals surface area contributed by atoms with Gasteiger partial charge in [-0.05, 0) is 13.0 Å². The molecular formula is C14H14N4OS. The van der Waals surface area contributed by atoms with E-state index in [0.717, 1.165) is 17.0 Å². The van der Waals surface area contributed by atoms with Crippen molar-refractivity contribution in [2.24, 2.45) is 0 Å². The molecule has 6 heteroatoms. The summed E-state index contributed by atoms with van der Waals surface area (Å²) in [5.74, 6) is 1.25. The molecule has 102 valence electrons. The molecule has 20 heavy (non-hydrogen) atoms. The summed E-state index contributed by atoms with van der Waals surface area (Å²) in [7, 11) is 0. The maximum Gasteiger partial charge on any atom is 0.247 e. The topological polar surface area (TPSA) is 59.9 Å². The largest absolute Gasteiger partial charge is 0.452 e. The van der Waals surface area contributed by atoms with Gasteiger partial charge in [-0.3, -0.25) is 0 Å². The van der Waals surface area contributed by atoms with Crippen LogP contribution in [0.4, 0.5) is 5.69 Å². The molecule has 0 radical (unpaired) electrons. The summed E-state index contributed by atoms with van der Waals surface area (Å²) in [5, 5.41) is 12.3. The van der Waals surface area contributed by atoms with Gasteiger partial charge in [-0.15, -0.1) is 16.8 Å². The van der Waals surface area contributed by atoms with Crippen LogP contribution in [0.1, 0.15) is 6.92 Å². The summed E-state index contributed by atoms with van der Waals surface area (Å²) in [6, 6.07) is 7.91. The molecule has 1 aromatic carbocycles. The number of nitrogens with one attached hydrogen (secondary N) is 1. The molecule has 0 unspecified atom stereocenters. The number of rotatable bonds is 3. The maximum atomic E-state index is 5.80. The van der Waals surface area contributed by atoms with Crippen molar-refractivity contribution in [2.45, 2.75) is 18.3 Å². The SMILES string of the molecule is C=CCSc1nnc2c(n1)O[C@@H](C)Nc1ccccc1-2. The molecule has 1 N–H and O–H groups in total. The van der Waals surface area contributed by atoms with Gasteiger partial charge in [-0.1, -0.05) is 36.0 Å². The van der Waals surface area contributed by atoms with Crippen LogP contribution in [0.5, 0.6) is 5.88 Å². The Morgan fingerprint density at radius 1 is 1.40 bits per heavy atom. The molecule has 0 saturated heterocycles. The smallest absolute Gasteiger partial charge is 0.247 e. The summed E-state index contributed by atoms with van der Waals surface area (Å²) in [6.07, 6.45) is 1.63. The molecule has 2 aromatic rings. The van der Waals surface area contributed by atoms with E-state index >= 15 is 0 Å². The molecule has 1 aromatic heterocycles. The number of anilines is 1. The van der Waals surface area contributed by atoms with Gasteiger partial charge in [0, 0.05) is 17.0 Å². The number of para-hydroxylation sites is 1. The predicted molar refractivity (Wildman–Crippen MR) is 79.9 cm³/mol. The number of hydrogen-bond donors (Lipinski definition) is 1. The Morgan fingerprint density at radius 3 is 3.10 bits per heavy atom. The number of thioether (sulfide) groups is 1. The van der Waals surface area contributed by atoms with E-state index in [1.165, 1.54) is 11.8 Å². The zero-order valence-corrected chi connectivity index (χ0v) is 11.9. The van der Waals surface area contributed by atoms with Crippen molar-refractivity contribution in [3.8, 4) is 17.1 Å². The monoisotopic (exact) mass is 286 g/mol. The molecule has 0 bridgehead atoms. The van der Waals surface area contributed by atoms with Crippen molar-refractivity contribution in [1.82, 2.24) is 15.2 Å². The molecule has 0 spiro atoms. The summed E-state index contributed by atoms with van der Waals surface area (Å²) >= 11 is 1.48. The third-order valence-corrected chi connectivity index (χ3v) is 3.63. The van der Waals surface area contributed by atoms with Crippen molar-refractivity contribution in [2.75, 3.05) is 11.1 Å². The standard InChI is InChI=1S/C14H14N4OS/c1-3-8-20-14-16-13-12(17-18-14)10-6-4-5-7-11(10)15-9(2)19-13/h3-7,9,15H,1,8H2,2H3/t9-/m0/s1. The highest BCUT2D eigenvalue weighted by Gasteiger charge is 2.22. The van der Waals surface area contributed by atoms with Gasteiger partial charge >= 0.3 is 0 Å². The molecule has 0 fully saturated rings. The number of nitrogens with zero attached hydrogens (tertiary/aromatic N) is 3. The van der Waals surface area contributed by atoms with E-state index in [1.54, 1.807) is 6.08 Å². The van der Waals surface area contributed by atoms with E-state index in [0.29, 0.717) is 16.7 Å². The van der Waals surface area contributed by atoms with E-state index in [-0.39, 0.29) is 6.23 Å². The van der Waals surface area contributed by atoms with Gasteiger partial charge in [-0.25, -0.2) is 0 Å². The first-order valence-electron chi connectivity index (χ1n) is 6.29. The Bertz CT molecular complexity index is 647. The quantitative estimate of drug-likeness (QED) is 0.691. The Morgan fingerprint density at radius 2 is 2.25 bits per heavy atom. The number of hydrogen-bond acceptors (Lipinski definition) is 6. The summed E-state index contributed by atoms with van der Waals surface area (Å²) in [6.45, 7) is 5.62. The molecule has 0 saturated carbocycles. The molecule has 1 aliphatic rings. The average molecular weight is 286 g/mol. The normalized spacial score (nSPS) is 16.1. The lowest BCUT2D eigenvalue weighted by Crippen LogP contribution is -2.21. The van der Waals surface area contributed by atoms with Crippen molar-refractivity contribution in [1.29, 1.82) is 0 Å². The molecule has 0 amide bonds. The Balaban J connectivity index is 2.06. The van der Waals surface area contributed by atoms with Crippen LogP contribution in [0.2, 0.25) is 0 Å².